The molecule has 1 aromatic rings. The number of hydrogen-bond acceptors (Lipinski definition) is 3. The van der Waals surface area contributed by atoms with Crippen molar-refractivity contribution in [2.24, 2.45) is 0 Å². The van der Waals surface area contributed by atoms with E-state index in [1.165, 1.54) is 43.7 Å². The first-order chi connectivity index (χ1) is 11.8. The molecule has 2 saturated heterocycles. The minimum Gasteiger partial charge on any atom is -0.372 e. The van der Waals surface area contributed by atoms with Gasteiger partial charge in [-0.3, -0.25) is 0 Å². The Hall–Kier alpha value is -2.17. The fraction of sp³-hybridized carbons (Fsp3) is 0.526. The van der Waals surface area contributed by atoms with E-state index >= 15 is 0 Å². The number of nitrogens with zero attached hydrogens (tertiary/aromatic N) is 3. The first-order valence-corrected chi connectivity index (χ1v) is 9.01. The lowest BCUT2D eigenvalue weighted by Crippen LogP contribution is -2.51. The minimum atomic E-state index is 0.00926. The van der Waals surface area contributed by atoms with Crippen molar-refractivity contribution >= 4 is 17.4 Å². The average molecular weight is 328 g/mol. The van der Waals surface area contributed by atoms with Crippen molar-refractivity contribution in [3.8, 4) is 0 Å². The summed E-state index contributed by atoms with van der Waals surface area (Å²) in [6, 6.07) is 8.93. The van der Waals surface area contributed by atoms with Gasteiger partial charge in [-0.1, -0.05) is 6.08 Å². The molecule has 5 nitrogen and oxygen atoms in total. The minimum absolute atomic E-state index is 0.00926. The molecule has 2 aliphatic heterocycles. The topological polar surface area (TPSA) is 38.8 Å². The van der Waals surface area contributed by atoms with Crippen LogP contribution < -0.4 is 15.1 Å². The summed E-state index contributed by atoms with van der Waals surface area (Å²) in [6.45, 7) is 9.79. The van der Waals surface area contributed by atoms with Crippen molar-refractivity contribution in [3.63, 3.8) is 0 Å². The van der Waals surface area contributed by atoms with Crippen LogP contribution in [0.1, 0.15) is 19.3 Å². The van der Waals surface area contributed by atoms with E-state index in [0.717, 1.165) is 26.2 Å². The molecule has 0 aromatic heterocycles. The van der Waals surface area contributed by atoms with Gasteiger partial charge in [0.15, 0.2) is 0 Å². The van der Waals surface area contributed by atoms with Crippen LogP contribution in [-0.2, 0) is 0 Å². The van der Waals surface area contributed by atoms with Crippen molar-refractivity contribution in [3.05, 3.63) is 36.9 Å². The largest absolute Gasteiger partial charge is 0.372 e. The number of piperazine rings is 1. The van der Waals surface area contributed by atoms with Crippen molar-refractivity contribution in [2.75, 3.05) is 55.6 Å². The summed E-state index contributed by atoms with van der Waals surface area (Å²) in [5.74, 6) is 0. The molecule has 0 saturated carbocycles. The van der Waals surface area contributed by atoms with Crippen LogP contribution >= 0.6 is 0 Å². The van der Waals surface area contributed by atoms with E-state index in [1.54, 1.807) is 6.08 Å². The summed E-state index contributed by atoms with van der Waals surface area (Å²) >= 11 is 0. The van der Waals surface area contributed by atoms with Gasteiger partial charge >= 0.3 is 6.03 Å². The molecule has 0 atom stereocenters. The Bertz CT molecular complexity index is 543. The maximum absolute atomic E-state index is 12.0. The molecule has 1 N–H and O–H groups in total. The Balaban J connectivity index is 1.52. The van der Waals surface area contributed by atoms with E-state index in [9.17, 15) is 4.79 Å². The van der Waals surface area contributed by atoms with Gasteiger partial charge in [0.2, 0.25) is 0 Å². The summed E-state index contributed by atoms with van der Waals surface area (Å²) < 4.78 is 0. The Kier molecular flexibility index (Phi) is 5.62. The highest BCUT2D eigenvalue weighted by molar-refractivity contribution is 5.74. The smallest absolute Gasteiger partial charge is 0.317 e. The van der Waals surface area contributed by atoms with Crippen LogP contribution in [-0.4, -0.2) is 56.7 Å². The molecular formula is C19H28N4O. The van der Waals surface area contributed by atoms with Gasteiger partial charge in [0.1, 0.15) is 0 Å². The number of piperidine rings is 1. The predicted molar refractivity (Wildman–Crippen MR) is 99.9 cm³/mol. The molecule has 24 heavy (non-hydrogen) atoms. The third-order valence-electron chi connectivity index (χ3n) is 4.90. The van der Waals surface area contributed by atoms with Crippen LogP contribution in [0.3, 0.4) is 0 Å². The normalized spacial score (nSPS) is 18.4. The molecular weight excluding hydrogens is 300 g/mol. The third-order valence-corrected chi connectivity index (χ3v) is 4.90. The number of urea groups is 1. The number of hydrogen-bond donors (Lipinski definition) is 1. The van der Waals surface area contributed by atoms with Gasteiger partial charge in [-0.25, -0.2) is 4.79 Å². The van der Waals surface area contributed by atoms with Gasteiger partial charge in [-0.05, 0) is 43.5 Å². The van der Waals surface area contributed by atoms with E-state index in [1.807, 2.05) is 4.90 Å². The number of amides is 2. The van der Waals surface area contributed by atoms with Crippen LogP contribution in [0.5, 0.6) is 0 Å². The first kappa shape index (κ1) is 16.7. The van der Waals surface area contributed by atoms with E-state index in [-0.39, 0.29) is 6.03 Å². The van der Waals surface area contributed by atoms with Gasteiger partial charge in [-0.2, -0.15) is 0 Å². The first-order valence-electron chi connectivity index (χ1n) is 9.01. The lowest BCUT2D eigenvalue weighted by molar-refractivity contribution is 0.195. The van der Waals surface area contributed by atoms with Gasteiger partial charge in [0.25, 0.3) is 0 Å². The fourth-order valence-corrected chi connectivity index (χ4v) is 3.47. The monoisotopic (exact) mass is 328 g/mol. The molecule has 130 valence electrons. The Labute approximate surface area is 144 Å². The molecule has 0 bridgehead atoms. The molecule has 0 radical (unpaired) electrons. The summed E-state index contributed by atoms with van der Waals surface area (Å²) in [5.41, 5.74) is 2.59. The average Bonchev–Trinajstić information content (AvgIpc) is 2.67. The molecule has 0 spiro atoms. The number of carbonyl (C=O) groups is 1. The van der Waals surface area contributed by atoms with E-state index in [4.69, 9.17) is 0 Å². The van der Waals surface area contributed by atoms with Crippen LogP contribution in [0.2, 0.25) is 0 Å². The highest BCUT2D eigenvalue weighted by Gasteiger charge is 2.21. The van der Waals surface area contributed by atoms with Gasteiger partial charge in [0.05, 0.1) is 0 Å². The number of rotatable bonds is 4. The number of anilines is 2. The van der Waals surface area contributed by atoms with Gasteiger partial charge in [0, 0.05) is 57.2 Å². The van der Waals surface area contributed by atoms with Gasteiger partial charge in [-0.15, -0.1) is 6.58 Å². The van der Waals surface area contributed by atoms with Crippen molar-refractivity contribution in [1.29, 1.82) is 0 Å². The van der Waals surface area contributed by atoms with Crippen molar-refractivity contribution < 1.29 is 4.79 Å². The van der Waals surface area contributed by atoms with E-state index < -0.39 is 0 Å². The van der Waals surface area contributed by atoms with Crippen LogP contribution in [0.15, 0.2) is 36.9 Å². The zero-order chi connectivity index (χ0) is 16.8. The maximum atomic E-state index is 12.0. The molecule has 0 unspecified atom stereocenters. The molecule has 2 heterocycles. The highest BCUT2D eigenvalue weighted by atomic mass is 16.2. The number of benzene rings is 1. The Morgan fingerprint density at radius 1 is 0.917 bits per heavy atom. The predicted octanol–water partition coefficient (Wildman–Crippen LogP) is 2.69. The van der Waals surface area contributed by atoms with Crippen LogP contribution in [0.25, 0.3) is 0 Å². The third kappa shape index (κ3) is 4.02. The summed E-state index contributed by atoms with van der Waals surface area (Å²) in [7, 11) is 0. The quantitative estimate of drug-likeness (QED) is 0.864. The fourth-order valence-electron chi connectivity index (χ4n) is 3.47. The Morgan fingerprint density at radius 3 is 2.00 bits per heavy atom. The number of carbonyl (C=O) groups excluding carboxylic acids is 1. The zero-order valence-corrected chi connectivity index (χ0v) is 14.4. The lowest BCUT2D eigenvalue weighted by atomic mass is 10.1. The van der Waals surface area contributed by atoms with Gasteiger partial charge < -0.3 is 20.0 Å². The molecule has 2 fully saturated rings. The second-order valence-electron chi connectivity index (χ2n) is 6.51. The standard InChI is InChI=1S/C19H28N4O/c1-2-10-20-19(24)23-15-13-22(14-16-23)18-8-6-17(7-9-18)21-11-4-3-5-12-21/h2,6-9H,1,3-5,10-16H2,(H,20,24). The molecule has 5 heteroatoms. The lowest BCUT2D eigenvalue weighted by Gasteiger charge is -2.36. The second-order valence-corrected chi connectivity index (χ2v) is 6.51. The molecule has 2 aliphatic rings. The highest BCUT2D eigenvalue weighted by Crippen LogP contribution is 2.24. The molecule has 1 aromatic carbocycles. The second kappa shape index (κ2) is 8.08. The summed E-state index contributed by atoms with van der Waals surface area (Å²) in [4.78, 5) is 18.7. The molecule has 3 rings (SSSR count). The van der Waals surface area contributed by atoms with Crippen LogP contribution in [0.4, 0.5) is 16.2 Å². The van der Waals surface area contributed by atoms with Crippen LogP contribution in [0, 0.1) is 0 Å². The SMILES string of the molecule is C=CCNC(=O)N1CCN(c2ccc(N3CCCCC3)cc2)CC1. The van der Waals surface area contributed by atoms with Crippen molar-refractivity contribution in [2.45, 2.75) is 19.3 Å². The molecule has 2 amide bonds. The van der Waals surface area contributed by atoms with E-state index in [2.05, 4.69) is 46.0 Å². The maximum Gasteiger partial charge on any atom is 0.317 e. The number of nitrogens with one attached hydrogen (secondary N) is 1. The molecule has 0 aliphatic carbocycles. The van der Waals surface area contributed by atoms with E-state index in [0.29, 0.717) is 6.54 Å². The van der Waals surface area contributed by atoms with Crippen molar-refractivity contribution in [1.82, 2.24) is 10.2 Å². The Morgan fingerprint density at radius 2 is 1.46 bits per heavy atom. The summed E-state index contributed by atoms with van der Waals surface area (Å²) in [5, 5.41) is 2.85. The zero-order valence-electron chi connectivity index (χ0n) is 14.4. The summed E-state index contributed by atoms with van der Waals surface area (Å²) in [6.07, 6.45) is 5.67.